The average molecular weight is 402 g/mol. The van der Waals surface area contributed by atoms with Gasteiger partial charge in [-0.3, -0.25) is 14.7 Å². The summed E-state index contributed by atoms with van der Waals surface area (Å²) < 4.78 is 21.5. The quantitative estimate of drug-likeness (QED) is 0.835. The number of alkyl carbamates (subject to hydrolysis) is 1. The molecule has 29 heavy (non-hydrogen) atoms. The maximum absolute atomic E-state index is 14.5. The standard InChI is InChI=1S/C21H27FN4O3/c1-21(2,3)29-20(28)24-13-6-8-25(9-7-13)14-10-15-16(22)11-23-17-4-5-18(27)26(12-14)19(15)17/h4-5,11,13-14H,6-10,12H2,1-3H3,(H,24,28). The van der Waals surface area contributed by atoms with Crippen LogP contribution in [0.2, 0.25) is 0 Å². The third kappa shape index (κ3) is 4.12. The van der Waals surface area contributed by atoms with Crippen LogP contribution >= 0.6 is 0 Å². The number of piperidine rings is 1. The predicted octanol–water partition coefficient (Wildman–Crippen LogP) is 2.45. The summed E-state index contributed by atoms with van der Waals surface area (Å²) in [6.07, 6.45) is 2.99. The van der Waals surface area contributed by atoms with E-state index in [-0.39, 0.29) is 23.5 Å². The second-order valence-corrected chi connectivity index (χ2v) is 8.92. The minimum absolute atomic E-state index is 0.0465. The summed E-state index contributed by atoms with van der Waals surface area (Å²) in [5.74, 6) is -0.358. The van der Waals surface area contributed by atoms with Gasteiger partial charge in [-0.15, -0.1) is 0 Å². The number of hydrogen-bond donors (Lipinski definition) is 1. The van der Waals surface area contributed by atoms with E-state index >= 15 is 0 Å². The van der Waals surface area contributed by atoms with Crippen molar-refractivity contribution in [2.24, 2.45) is 0 Å². The summed E-state index contributed by atoms with van der Waals surface area (Å²) in [6, 6.07) is 3.26. The zero-order chi connectivity index (χ0) is 20.8. The van der Waals surface area contributed by atoms with E-state index < -0.39 is 11.7 Å². The van der Waals surface area contributed by atoms with E-state index in [9.17, 15) is 14.0 Å². The smallest absolute Gasteiger partial charge is 0.407 e. The van der Waals surface area contributed by atoms with Gasteiger partial charge >= 0.3 is 6.09 Å². The Kier molecular flexibility index (Phi) is 5.06. The zero-order valence-electron chi connectivity index (χ0n) is 17.1. The van der Waals surface area contributed by atoms with Gasteiger partial charge in [0.15, 0.2) is 0 Å². The van der Waals surface area contributed by atoms with Crippen LogP contribution in [0.25, 0.3) is 11.0 Å². The van der Waals surface area contributed by atoms with Crippen molar-refractivity contribution < 1.29 is 13.9 Å². The fourth-order valence-corrected chi connectivity index (χ4v) is 4.32. The number of hydrogen-bond acceptors (Lipinski definition) is 5. The lowest BCUT2D eigenvalue weighted by molar-refractivity contribution is 0.0463. The molecule has 0 spiro atoms. The second kappa shape index (κ2) is 7.40. The van der Waals surface area contributed by atoms with Crippen molar-refractivity contribution in [3.8, 4) is 0 Å². The van der Waals surface area contributed by atoms with E-state index in [2.05, 4.69) is 15.2 Å². The first-order valence-corrected chi connectivity index (χ1v) is 10.1. The molecule has 2 aliphatic rings. The van der Waals surface area contributed by atoms with Crippen molar-refractivity contribution in [3.05, 3.63) is 40.1 Å². The van der Waals surface area contributed by atoms with Gasteiger partial charge in [0, 0.05) is 43.3 Å². The lowest BCUT2D eigenvalue weighted by Gasteiger charge is -2.40. The summed E-state index contributed by atoms with van der Waals surface area (Å²) >= 11 is 0. The average Bonchev–Trinajstić information content (AvgIpc) is 2.65. The van der Waals surface area contributed by atoms with Gasteiger partial charge in [0.1, 0.15) is 11.4 Å². The molecule has 0 aliphatic carbocycles. The molecule has 2 aliphatic heterocycles. The van der Waals surface area contributed by atoms with E-state index in [0.717, 1.165) is 25.9 Å². The van der Waals surface area contributed by atoms with Gasteiger partial charge < -0.3 is 14.6 Å². The Morgan fingerprint density at radius 1 is 1.28 bits per heavy atom. The largest absolute Gasteiger partial charge is 0.444 e. The van der Waals surface area contributed by atoms with Gasteiger partial charge in [0.2, 0.25) is 0 Å². The van der Waals surface area contributed by atoms with Gasteiger partial charge in [0.05, 0.1) is 17.2 Å². The molecule has 0 aromatic carbocycles. The minimum Gasteiger partial charge on any atom is -0.444 e. The molecule has 0 radical (unpaired) electrons. The number of carbonyl (C=O) groups is 1. The minimum atomic E-state index is -0.520. The summed E-state index contributed by atoms with van der Waals surface area (Å²) in [4.78, 5) is 30.8. The Hall–Kier alpha value is -2.48. The van der Waals surface area contributed by atoms with Crippen LogP contribution in [0.5, 0.6) is 0 Å². The Bertz CT molecular complexity index is 990. The molecule has 8 heteroatoms. The van der Waals surface area contributed by atoms with Gasteiger partial charge in [0.25, 0.3) is 5.56 Å². The van der Waals surface area contributed by atoms with Crippen LogP contribution < -0.4 is 10.9 Å². The lowest BCUT2D eigenvalue weighted by atomic mass is 9.95. The molecule has 2 aromatic heterocycles. The molecule has 1 amide bonds. The molecule has 4 heterocycles. The summed E-state index contributed by atoms with van der Waals surface area (Å²) in [7, 11) is 0. The van der Waals surface area contributed by atoms with Crippen molar-refractivity contribution in [3.63, 3.8) is 0 Å². The first-order valence-electron chi connectivity index (χ1n) is 10.1. The fraction of sp³-hybridized carbons (Fsp3) is 0.571. The highest BCUT2D eigenvalue weighted by atomic mass is 19.1. The molecular weight excluding hydrogens is 375 g/mol. The van der Waals surface area contributed by atoms with Gasteiger partial charge in [-0.2, -0.15) is 0 Å². The topological polar surface area (TPSA) is 76.5 Å². The van der Waals surface area contributed by atoms with E-state index in [1.165, 1.54) is 12.3 Å². The molecule has 1 atom stereocenters. The SMILES string of the molecule is CC(C)(C)OC(=O)NC1CCN(C2Cc3c(F)cnc4ccc(=O)n(c34)C2)CC1. The number of rotatable bonds is 2. The number of nitrogens with one attached hydrogen (secondary N) is 1. The predicted molar refractivity (Wildman–Crippen MR) is 107 cm³/mol. The first-order chi connectivity index (χ1) is 13.7. The number of nitrogens with zero attached hydrogens (tertiary/aromatic N) is 3. The van der Waals surface area contributed by atoms with Crippen LogP contribution in [0.4, 0.5) is 9.18 Å². The summed E-state index contributed by atoms with van der Waals surface area (Å²) in [6.45, 7) is 7.60. The van der Waals surface area contributed by atoms with E-state index in [1.54, 1.807) is 10.6 Å². The van der Waals surface area contributed by atoms with Crippen LogP contribution in [-0.4, -0.2) is 51.3 Å². The van der Waals surface area contributed by atoms with Crippen LogP contribution in [0.1, 0.15) is 39.2 Å². The monoisotopic (exact) mass is 402 g/mol. The summed E-state index contributed by atoms with van der Waals surface area (Å²) in [5, 5.41) is 2.94. The third-order valence-electron chi connectivity index (χ3n) is 5.65. The molecule has 2 aromatic rings. The molecule has 1 N–H and O–H groups in total. The molecule has 1 saturated heterocycles. The summed E-state index contributed by atoms with van der Waals surface area (Å²) in [5.41, 5.74) is 1.19. The number of ether oxygens (including phenoxy) is 1. The van der Waals surface area contributed by atoms with E-state index in [0.29, 0.717) is 29.6 Å². The molecule has 0 bridgehead atoms. The molecule has 1 fully saturated rings. The maximum atomic E-state index is 14.5. The van der Waals surface area contributed by atoms with Crippen LogP contribution in [-0.2, 0) is 17.7 Å². The Balaban J connectivity index is 1.44. The highest BCUT2D eigenvalue weighted by molar-refractivity contribution is 5.79. The van der Waals surface area contributed by atoms with Crippen LogP contribution in [0.15, 0.2) is 23.1 Å². The highest BCUT2D eigenvalue weighted by Crippen LogP contribution is 2.28. The van der Waals surface area contributed by atoms with E-state index in [1.807, 2.05) is 20.8 Å². The van der Waals surface area contributed by atoms with E-state index in [4.69, 9.17) is 4.74 Å². The fourth-order valence-electron chi connectivity index (χ4n) is 4.32. The van der Waals surface area contributed by atoms with Crippen molar-refractivity contribution in [1.29, 1.82) is 0 Å². The number of likely N-dealkylation sites (tertiary alicyclic amines) is 1. The number of carbonyl (C=O) groups excluding carboxylic acids is 1. The Morgan fingerprint density at radius 2 is 2.00 bits per heavy atom. The van der Waals surface area contributed by atoms with Crippen molar-refractivity contribution in [2.75, 3.05) is 13.1 Å². The van der Waals surface area contributed by atoms with Crippen molar-refractivity contribution in [1.82, 2.24) is 19.8 Å². The third-order valence-corrected chi connectivity index (χ3v) is 5.65. The lowest BCUT2D eigenvalue weighted by Crippen LogP contribution is -2.51. The molecule has 0 saturated carbocycles. The zero-order valence-corrected chi connectivity index (χ0v) is 17.1. The Morgan fingerprint density at radius 3 is 2.69 bits per heavy atom. The number of aromatic nitrogens is 2. The number of pyridine rings is 2. The van der Waals surface area contributed by atoms with Crippen LogP contribution in [0, 0.1) is 5.82 Å². The maximum Gasteiger partial charge on any atom is 0.407 e. The normalized spacial score (nSPS) is 20.6. The van der Waals surface area contributed by atoms with Gasteiger partial charge in [-0.25, -0.2) is 9.18 Å². The molecule has 156 valence electrons. The Labute approximate surface area is 168 Å². The van der Waals surface area contributed by atoms with Gasteiger partial charge in [-0.05, 0) is 46.1 Å². The van der Waals surface area contributed by atoms with Crippen LogP contribution in [0.3, 0.4) is 0 Å². The number of amides is 1. The van der Waals surface area contributed by atoms with Crippen molar-refractivity contribution in [2.45, 2.75) is 64.3 Å². The van der Waals surface area contributed by atoms with Gasteiger partial charge in [-0.1, -0.05) is 0 Å². The molecule has 7 nitrogen and oxygen atoms in total. The molecule has 4 rings (SSSR count). The number of halogens is 1. The molecule has 1 unspecified atom stereocenters. The second-order valence-electron chi connectivity index (χ2n) is 8.92. The molecular formula is C21H27FN4O3. The first kappa shape index (κ1) is 19.8. The highest BCUT2D eigenvalue weighted by Gasteiger charge is 2.32. The van der Waals surface area contributed by atoms with Crippen molar-refractivity contribution >= 4 is 17.1 Å².